The van der Waals surface area contributed by atoms with Gasteiger partial charge in [0.2, 0.25) is 0 Å². The van der Waals surface area contributed by atoms with Crippen molar-refractivity contribution in [3.8, 4) is 0 Å². The molecule has 0 radical (unpaired) electrons. The first-order chi connectivity index (χ1) is 7.49. The Kier molecular flexibility index (Phi) is 4.84. The molecule has 0 aromatic heterocycles. The number of nitrogens with zero attached hydrogens (tertiary/aromatic N) is 1. The monoisotopic (exact) mass is 244 g/mol. The molecule has 1 N–H and O–H groups in total. The zero-order valence-electron chi connectivity index (χ0n) is 11.0. The molecule has 1 saturated heterocycles. The number of rotatable bonds is 4. The first-order valence-electron chi connectivity index (χ1n) is 6.25. The second-order valence-electron chi connectivity index (χ2n) is 5.40. The van der Waals surface area contributed by atoms with Gasteiger partial charge in [-0.2, -0.15) is 0 Å². The van der Waals surface area contributed by atoms with Crippen molar-refractivity contribution in [2.24, 2.45) is 0 Å². The molecule has 2 nitrogen and oxygen atoms in total. The standard InChI is InChI=1S/C13H25ClN2/c1-5-13(6-2)11-16(9-7-8-14)12(3,4)10-15-13/h7-8,15H,5-6,9-11H2,1-4H3/b8-7+. The Morgan fingerprint density at radius 3 is 2.44 bits per heavy atom. The molecule has 0 atom stereocenters. The fourth-order valence-corrected chi connectivity index (χ4v) is 2.43. The summed E-state index contributed by atoms with van der Waals surface area (Å²) in [5.74, 6) is 0. The zero-order valence-corrected chi connectivity index (χ0v) is 11.8. The van der Waals surface area contributed by atoms with E-state index in [1.807, 2.05) is 6.08 Å². The van der Waals surface area contributed by atoms with Crippen molar-refractivity contribution in [1.82, 2.24) is 10.2 Å². The summed E-state index contributed by atoms with van der Waals surface area (Å²) in [4.78, 5) is 2.52. The highest BCUT2D eigenvalue weighted by molar-refractivity contribution is 6.25. The number of hydrogen-bond acceptors (Lipinski definition) is 2. The molecule has 1 rings (SSSR count). The summed E-state index contributed by atoms with van der Waals surface area (Å²) in [6.07, 6.45) is 4.39. The highest BCUT2D eigenvalue weighted by Gasteiger charge is 2.40. The van der Waals surface area contributed by atoms with E-state index in [1.165, 1.54) is 12.8 Å². The van der Waals surface area contributed by atoms with Crippen molar-refractivity contribution in [2.45, 2.75) is 51.6 Å². The summed E-state index contributed by atoms with van der Waals surface area (Å²) < 4.78 is 0. The van der Waals surface area contributed by atoms with E-state index in [9.17, 15) is 0 Å². The van der Waals surface area contributed by atoms with E-state index in [1.54, 1.807) is 5.54 Å². The molecule has 1 fully saturated rings. The van der Waals surface area contributed by atoms with Crippen LogP contribution in [0.3, 0.4) is 0 Å². The van der Waals surface area contributed by atoms with Gasteiger partial charge in [-0.1, -0.05) is 31.5 Å². The number of hydrogen-bond donors (Lipinski definition) is 1. The van der Waals surface area contributed by atoms with Crippen LogP contribution in [-0.2, 0) is 0 Å². The first-order valence-corrected chi connectivity index (χ1v) is 6.68. The molecule has 0 saturated carbocycles. The van der Waals surface area contributed by atoms with Crippen LogP contribution in [0.15, 0.2) is 11.6 Å². The van der Waals surface area contributed by atoms with Crippen molar-refractivity contribution in [1.29, 1.82) is 0 Å². The van der Waals surface area contributed by atoms with E-state index in [0.29, 0.717) is 0 Å². The molecule has 16 heavy (non-hydrogen) atoms. The van der Waals surface area contributed by atoms with Crippen LogP contribution in [0.4, 0.5) is 0 Å². The SMILES string of the molecule is CCC1(CC)CN(C/C=C/Cl)C(C)(C)CN1. The topological polar surface area (TPSA) is 15.3 Å². The fourth-order valence-electron chi connectivity index (χ4n) is 2.35. The molecule has 0 aliphatic carbocycles. The van der Waals surface area contributed by atoms with Crippen molar-refractivity contribution in [3.63, 3.8) is 0 Å². The summed E-state index contributed by atoms with van der Waals surface area (Å²) in [5, 5.41) is 3.73. The highest BCUT2D eigenvalue weighted by Crippen LogP contribution is 2.27. The normalized spacial score (nSPS) is 25.1. The lowest BCUT2D eigenvalue weighted by Crippen LogP contribution is -2.67. The largest absolute Gasteiger partial charge is 0.308 e. The lowest BCUT2D eigenvalue weighted by Gasteiger charge is -2.51. The van der Waals surface area contributed by atoms with Gasteiger partial charge < -0.3 is 5.32 Å². The first kappa shape index (κ1) is 14.0. The predicted octanol–water partition coefficient (Wildman–Crippen LogP) is 2.98. The van der Waals surface area contributed by atoms with E-state index < -0.39 is 0 Å². The van der Waals surface area contributed by atoms with Crippen LogP contribution in [0.2, 0.25) is 0 Å². The third-order valence-corrected chi connectivity index (χ3v) is 4.19. The van der Waals surface area contributed by atoms with Crippen LogP contribution in [0.1, 0.15) is 40.5 Å². The number of nitrogens with one attached hydrogen (secondary N) is 1. The summed E-state index contributed by atoms with van der Waals surface area (Å²) in [6.45, 7) is 12.2. The smallest absolute Gasteiger partial charge is 0.0304 e. The molecular weight excluding hydrogens is 220 g/mol. The molecule has 1 aliphatic heterocycles. The molecule has 0 spiro atoms. The molecule has 1 heterocycles. The molecule has 0 aromatic rings. The van der Waals surface area contributed by atoms with Crippen LogP contribution in [0, 0.1) is 0 Å². The van der Waals surface area contributed by atoms with Crippen molar-refractivity contribution in [3.05, 3.63) is 11.6 Å². The van der Waals surface area contributed by atoms with Gasteiger partial charge in [0.15, 0.2) is 0 Å². The minimum Gasteiger partial charge on any atom is -0.308 e. The third kappa shape index (κ3) is 2.99. The minimum absolute atomic E-state index is 0.213. The van der Waals surface area contributed by atoms with Gasteiger partial charge >= 0.3 is 0 Å². The van der Waals surface area contributed by atoms with Gasteiger partial charge in [-0.25, -0.2) is 0 Å². The Hall–Kier alpha value is -0.0500. The Bertz CT molecular complexity index is 244. The second kappa shape index (κ2) is 5.52. The Labute approximate surface area is 105 Å². The van der Waals surface area contributed by atoms with E-state index in [0.717, 1.165) is 19.6 Å². The summed E-state index contributed by atoms with van der Waals surface area (Å²) in [5.41, 5.74) is 2.12. The third-order valence-electron chi connectivity index (χ3n) is 4.01. The molecule has 1 aliphatic rings. The average molecular weight is 245 g/mol. The maximum absolute atomic E-state index is 5.63. The van der Waals surface area contributed by atoms with Gasteiger partial charge in [-0.05, 0) is 26.7 Å². The molecule has 0 unspecified atom stereocenters. The predicted molar refractivity (Wildman–Crippen MR) is 72.0 cm³/mol. The van der Waals surface area contributed by atoms with Gasteiger partial charge in [0.1, 0.15) is 0 Å². The van der Waals surface area contributed by atoms with E-state index in [4.69, 9.17) is 11.6 Å². The number of piperazine rings is 1. The lowest BCUT2D eigenvalue weighted by atomic mass is 9.85. The van der Waals surface area contributed by atoms with Gasteiger partial charge in [0, 0.05) is 36.2 Å². The Morgan fingerprint density at radius 1 is 1.31 bits per heavy atom. The average Bonchev–Trinajstić information content (AvgIpc) is 2.28. The summed E-state index contributed by atoms with van der Waals surface area (Å²) in [7, 11) is 0. The van der Waals surface area contributed by atoms with Gasteiger partial charge in [0.05, 0.1) is 0 Å². The van der Waals surface area contributed by atoms with E-state index >= 15 is 0 Å². The molecule has 0 amide bonds. The van der Waals surface area contributed by atoms with Crippen LogP contribution in [0.5, 0.6) is 0 Å². The van der Waals surface area contributed by atoms with Crippen molar-refractivity contribution >= 4 is 11.6 Å². The maximum Gasteiger partial charge on any atom is 0.0304 e. The van der Waals surface area contributed by atoms with Crippen molar-refractivity contribution < 1.29 is 0 Å². The van der Waals surface area contributed by atoms with Gasteiger partial charge in [-0.15, -0.1) is 0 Å². The Morgan fingerprint density at radius 2 is 1.94 bits per heavy atom. The van der Waals surface area contributed by atoms with Gasteiger partial charge in [-0.3, -0.25) is 4.90 Å². The second-order valence-corrected chi connectivity index (χ2v) is 5.65. The van der Waals surface area contributed by atoms with E-state index in [-0.39, 0.29) is 11.1 Å². The van der Waals surface area contributed by atoms with E-state index in [2.05, 4.69) is 37.9 Å². The van der Waals surface area contributed by atoms with Crippen LogP contribution >= 0.6 is 11.6 Å². The van der Waals surface area contributed by atoms with Crippen molar-refractivity contribution in [2.75, 3.05) is 19.6 Å². The summed E-state index contributed by atoms with van der Waals surface area (Å²) in [6, 6.07) is 0. The Balaban J connectivity index is 2.76. The number of halogens is 1. The van der Waals surface area contributed by atoms with Gasteiger partial charge in [0.25, 0.3) is 0 Å². The lowest BCUT2D eigenvalue weighted by molar-refractivity contribution is 0.0323. The molecule has 0 aromatic carbocycles. The zero-order chi connectivity index (χ0) is 12.2. The summed E-state index contributed by atoms with van der Waals surface area (Å²) >= 11 is 5.63. The molecule has 94 valence electrons. The van der Waals surface area contributed by atoms with Crippen LogP contribution in [0.25, 0.3) is 0 Å². The fraction of sp³-hybridized carbons (Fsp3) is 0.846. The molecular formula is C13H25ClN2. The maximum atomic E-state index is 5.63. The van der Waals surface area contributed by atoms with Crippen LogP contribution < -0.4 is 5.32 Å². The molecule has 0 bridgehead atoms. The quantitative estimate of drug-likeness (QED) is 0.818. The molecule has 3 heteroatoms. The highest BCUT2D eigenvalue weighted by atomic mass is 35.5. The minimum atomic E-state index is 0.213. The van der Waals surface area contributed by atoms with Crippen LogP contribution in [-0.4, -0.2) is 35.6 Å².